The van der Waals surface area contributed by atoms with Crippen LogP contribution in [0.3, 0.4) is 0 Å². The average molecular weight is 1000 g/mol. The molecule has 408 valence electrons. The Labute approximate surface area is 430 Å². The number of carbonyl (C=O) groups is 4. The molecule has 12 heteroatoms. The van der Waals surface area contributed by atoms with Crippen molar-refractivity contribution >= 4 is 23.9 Å². The van der Waals surface area contributed by atoms with Crippen LogP contribution < -0.4 is 0 Å². The summed E-state index contributed by atoms with van der Waals surface area (Å²) in [5, 5.41) is 31.3. The van der Waals surface area contributed by atoms with Crippen molar-refractivity contribution in [2.45, 2.75) is 276 Å². The fourth-order valence-corrected chi connectivity index (χ4v) is 8.24. The fourth-order valence-electron chi connectivity index (χ4n) is 8.24. The zero-order valence-corrected chi connectivity index (χ0v) is 44.7. The van der Waals surface area contributed by atoms with Crippen LogP contribution in [0.4, 0.5) is 0 Å². The molecule has 0 saturated carbocycles. The van der Waals surface area contributed by atoms with Gasteiger partial charge in [0.2, 0.25) is 0 Å². The highest BCUT2D eigenvalue weighted by atomic mass is 16.7. The molecule has 1 rings (SSSR count). The Morgan fingerprint density at radius 1 is 0.479 bits per heavy atom. The van der Waals surface area contributed by atoms with Crippen molar-refractivity contribution in [3.05, 3.63) is 60.8 Å². The molecule has 0 spiro atoms. The fraction of sp³-hybridized carbons (Fsp3) is 0.763. The van der Waals surface area contributed by atoms with Gasteiger partial charge in [0.1, 0.15) is 18.8 Å². The molecule has 3 N–H and O–H groups in total. The van der Waals surface area contributed by atoms with Crippen molar-refractivity contribution in [2.75, 3.05) is 13.2 Å². The molecule has 71 heavy (non-hydrogen) atoms. The van der Waals surface area contributed by atoms with E-state index in [4.69, 9.17) is 23.7 Å². The van der Waals surface area contributed by atoms with E-state index in [0.717, 1.165) is 128 Å². The molecular weight excluding hydrogens is 901 g/mol. The van der Waals surface area contributed by atoms with Crippen molar-refractivity contribution in [1.29, 1.82) is 0 Å². The predicted molar refractivity (Wildman–Crippen MR) is 285 cm³/mol. The number of rotatable bonds is 47. The van der Waals surface area contributed by atoms with Gasteiger partial charge < -0.3 is 39.0 Å². The highest BCUT2D eigenvalue weighted by Gasteiger charge is 2.50. The average Bonchev–Trinajstić information content (AvgIpc) is 3.35. The SMILES string of the molecule is CC/C=C\C/C=C\C/C=C\C/C=C\CCCCCCCCC(=O)OCC(COC1OC(C(=O)O)C(O)C(O)C1OC(=O)CCCCCCCCCCC)OC(=O)CCCCCCC/C=C\CCCCCC. The summed E-state index contributed by atoms with van der Waals surface area (Å²) in [6.07, 6.45) is 45.0. The third-order valence-electron chi connectivity index (χ3n) is 12.6. The molecule has 6 unspecified atom stereocenters. The highest BCUT2D eigenvalue weighted by molar-refractivity contribution is 5.74. The number of carbonyl (C=O) groups excluding carboxylic acids is 3. The Morgan fingerprint density at radius 2 is 0.887 bits per heavy atom. The van der Waals surface area contributed by atoms with Crippen molar-refractivity contribution in [3.63, 3.8) is 0 Å². The maximum atomic E-state index is 13.1. The molecule has 0 radical (unpaired) electrons. The van der Waals surface area contributed by atoms with Gasteiger partial charge in [0.05, 0.1) is 6.61 Å². The zero-order valence-electron chi connectivity index (χ0n) is 44.7. The maximum Gasteiger partial charge on any atom is 0.335 e. The second-order valence-corrected chi connectivity index (χ2v) is 19.2. The van der Waals surface area contributed by atoms with Crippen LogP contribution in [0.5, 0.6) is 0 Å². The normalized spacial score (nSPS) is 18.9. The van der Waals surface area contributed by atoms with Crippen LogP contribution >= 0.6 is 0 Å². The molecular formula is C59H100O12. The lowest BCUT2D eigenvalue weighted by Crippen LogP contribution is -2.61. The lowest BCUT2D eigenvalue weighted by atomic mass is 9.98. The monoisotopic (exact) mass is 1000 g/mol. The maximum absolute atomic E-state index is 13.1. The first-order valence-corrected chi connectivity index (χ1v) is 28.3. The van der Waals surface area contributed by atoms with Crippen molar-refractivity contribution < 1.29 is 58.2 Å². The second kappa shape index (κ2) is 47.4. The van der Waals surface area contributed by atoms with Gasteiger partial charge in [0, 0.05) is 19.3 Å². The van der Waals surface area contributed by atoms with Gasteiger partial charge in [-0.1, -0.05) is 197 Å². The second-order valence-electron chi connectivity index (χ2n) is 19.2. The minimum atomic E-state index is -1.90. The van der Waals surface area contributed by atoms with Gasteiger partial charge in [-0.15, -0.1) is 0 Å². The van der Waals surface area contributed by atoms with E-state index in [-0.39, 0.29) is 25.9 Å². The number of aliphatic hydroxyl groups is 2. The molecule has 0 aromatic heterocycles. The third-order valence-corrected chi connectivity index (χ3v) is 12.6. The lowest BCUT2D eigenvalue weighted by molar-refractivity contribution is -0.301. The van der Waals surface area contributed by atoms with Crippen molar-refractivity contribution in [2.24, 2.45) is 0 Å². The molecule has 1 fully saturated rings. The molecule has 12 nitrogen and oxygen atoms in total. The summed E-state index contributed by atoms with van der Waals surface area (Å²) in [4.78, 5) is 50.9. The Morgan fingerprint density at radius 3 is 1.38 bits per heavy atom. The van der Waals surface area contributed by atoms with E-state index in [9.17, 15) is 34.5 Å². The molecule has 0 aromatic carbocycles. The number of carboxylic acid groups (broad SMARTS) is 1. The number of aliphatic hydroxyl groups excluding tert-OH is 2. The number of ether oxygens (including phenoxy) is 5. The van der Waals surface area contributed by atoms with E-state index < -0.39 is 67.3 Å². The van der Waals surface area contributed by atoms with Crippen LogP contribution in [0.2, 0.25) is 0 Å². The first-order chi connectivity index (χ1) is 34.6. The van der Waals surface area contributed by atoms with Crippen molar-refractivity contribution in [3.8, 4) is 0 Å². The Kier molecular flexibility index (Phi) is 43.7. The molecule has 1 aliphatic rings. The van der Waals surface area contributed by atoms with E-state index in [1.165, 1.54) is 51.4 Å². The van der Waals surface area contributed by atoms with Crippen LogP contribution in [0.15, 0.2) is 60.8 Å². The largest absolute Gasteiger partial charge is 0.479 e. The molecule has 0 aromatic rings. The number of unbranched alkanes of at least 4 members (excludes halogenated alkanes) is 23. The summed E-state index contributed by atoms with van der Waals surface area (Å²) >= 11 is 0. The summed E-state index contributed by atoms with van der Waals surface area (Å²) in [5.41, 5.74) is 0. The summed E-state index contributed by atoms with van der Waals surface area (Å²) in [7, 11) is 0. The van der Waals surface area contributed by atoms with E-state index in [1.54, 1.807) is 0 Å². The predicted octanol–water partition coefficient (Wildman–Crippen LogP) is 14.0. The molecule has 6 atom stereocenters. The van der Waals surface area contributed by atoms with Gasteiger partial charge in [-0.3, -0.25) is 14.4 Å². The van der Waals surface area contributed by atoms with Gasteiger partial charge in [0.25, 0.3) is 0 Å². The zero-order chi connectivity index (χ0) is 51.8. The third kappa shape index (κ3) is 37.8. The Hall–Kier alpha value is -3.58. The van der Waals surface area contributed by atoms with E-state index in [2.05, 4.69) is 81.5 Å². The Bertz CT molecular complexity index is 1470. The van der Waals surface area contributed by atoms with Gasteiger partial charge in [-0.2, -0.15) is 0 Å². The smallest absolute Gasteiger partial charge is 0.335 e. The van der Waals surface area contributed by atoms with Gasteiger partial charge in [-0.05, 0) is 83.5 Å². The quantitative estimate of drug-likeness (QED) is 0.0228. The van der Waals surface area contributed by atoms with Gasteiger partial charge in [0.15, 0.2) is 24.6 Å². The number of allylic oxidation sites excluding steroid dienone is 10. The number of aliphatic carboxylic acids is 1. The highest BCUT2D eigenvalue weighted by Crippen LogP contribution is 2.26. The number of carboxylic acids is 1. The van der Waals surface area contributed by atoms with Gasteiger partial charge >= 0.3 is 23.9 Å². The first kappa shape index (κ1) is 65.4. The summed E-state index contributed by atoms with van der Waals surface area (Å²) in [5.74, 6) is -3.14. The molecule has 0 aliphatic carbocycles. The first-order valence-electron chi connectivity index (χ1n) is 28.3. The van der Waals surface area contributed by atoms with Crippen LogP contribution in [-0.4, -0.2) is 89.2 Å². The van der Waals surface area contributed by atoms with Crippen LogP contribution in [0, 0.1) is 0 Å². The Balaban J connectivity index is 2.68. The van der Waals surface area contributed by atoms with Crippen molar-refractivity contribution in [1.82, 2.24) is 0 Å². The standard InChI is InChI=1S/C59H100O12/c1-4-7-10-13-16-19-21-23-24-25-26-27-28-30-31-34-36-39-42-45-51(60)67-48-50(69-52(61)46-43-40-38-35-32-29-22-20-17-14-11-8-5-2)49-68-59-57(55(64)54(63)56(71-59)58(65)66)70-53(62)47-44-41-37-33-18-15-12-9-6-3/h7,10,16,19-20,22-24,26-27,50,54-57,59,63-64H,4-6,8-9,11-15,17-18,21,25,28-49H2,1-3H3,(H,65,66)/b10-7-,19-16-,22-20-,24-23-,27-26-. The molecule has 1 heterocycles. The summed E-state index contributed by atoms with van der Waals surface area (Å²) in [6.45, 7) is 5.80. The van der Waals surface area contributed by atoms with Gasteiger partial charge in [-0.25, -0.2) is 4.79 Å². The number of esters is 3. The summed E-state index contributed by atoms with van der Waals surface area (Å²) < 4.78 is 28.3. The topological polar surface area (TPSA) is 175 Å². The minimum Gasteiger partial charge on any atom is -0.479 e. The summed E-state index contributed by atoms with van der Waals surface area (Å²) in [6, 6.07) is 0. The molecule has 1 aliphatic heterocycles. The van der Waals surface area contributed by atoms with Crippen LogP contribution in [0.25, 0.3) is 0 Å². The van der Waals surface area contributed by atoms with E-state index >= 15 is 0 Å². The molecule has 0 amide bonds. The molecule has 0 bridgehead atoms. The number of hydrogen-bond donors (Lipinski definition) is 3. The van der Waals surface area contributed by atoms with E-state index in [0.29, 0.717) is 19.3 Å². The van der Waals surface area contributed by atoms with E-state index in [1.807, 2.05) is 0 Å². The van der Waals surface area contributed by atoms with Crippen LogP contribution in [0.1, 0.15) is 239 Å². The minimum absolute atomic E-state index is 0.0589. The lowest BCUT2D eigenvalue weighted by Gasteiger charge is -2.40. The molecule has 1 saturated heterocycles. The number of hydrogen-bond acceptors (Lipinski definition) is 11. The van der Waals surface area contributed by atoms with Crippen LogP contribution in [-0.2, 0) is 42.9 Å².